The van der Waals surface area contributed by atoms with Crippen LogP contribution in [0.25, 0.3) is 5.52 Å². The fourth-order valence-corrected chi connectivity index (χ4v) is 3.25. The summed E-state index contributed by atoms with van der Waals surface area (Å²) < 4.78 is 1.93. The third-order valence-electron chi connectivity index (χ3n) is 4.28. The molecule has 0 aliphatic carbocycles. The molecule has 1 aliphatic rings. The van der Waals surface area contributed by atoms with E-state index in [1.54, 1.807) is 0 Å². The molecule has 2 aromatic rings. The van der Waals surface area contributed by atoms with Gasteiger partial charge in [0.2, 0.25) is 0 Å². The Bertz CT molecular complexity index is 587. The molecule has 2 aromatic heterocycles. The highest BCUT2D eigenvalue weighted by Crippen LogP contribution is 2.25. The van der Waals surface area contributed by atoms with Crippen molar-refractivity contribution >= 4 is 11.3 Å². The summed E-state index contributed by atoms with van der Waals surface area (Å²) in [4.78, 5) is 9.54. The normalized spacial score (nSPS) is 19.4. The Morgan fingerprint density at radius 3 is 2.90 bits per heavy atom. The van der Waals surface area contributed by atoms with Gasteiger partial charge in [0.15, 0.2) is 5.82 Å². The zero-order valence-electron chi connectivity index (χ0n) is 12.6. The maximum absolute atomic E-state index is 4.59. The molecule has 0 saturated carbocycles. The molecule has 0 spiro atoms. The second-order valence-electron chi connectivity index (χ2n) is 5.48. The fourth-order valence-electron chi connectivity index (χ4n) is 3.25. The van der Waals surface area contributed by atoms with Crippen molar-refractivity contribution in [3.63, 3.8) is 0 Å². The van der Waals surface area contributed by atoms with Crippen LogP contribution in [0.5, 0.6) is 0 Å². The molecule has 3 rings (SSSR count). The summed E-state index contributed by atoms with van der Waals surface area (Å²) in [5, 5.41) is 4.47. The van der Waals surface area contributed by atoms with Gasteiger partial charge in [0, 0.05) is 31.5 Å². The molecule has 0 aromatic carbocycles. The fraction of sp³-hybridized carbons (Fsp3) is 0.600. The molecule has 0 N–H and O–H groups in total. The highest BCUT2D eigenvalue weighted by atomic mass is 15.3. The van der Waals surface area contributed by atoms with Gasteiger partial charge in [0.1, 0.15) is 5.52 Å². The van der Waals surface area contributed by atoms with Crippen molar-refractivity contribution in [2.75, 3.05) is 31.1 Å². The minimum Gasteiger partial charge on any atom is -0.353 e. The number of nitrogens with zero attached hydrogens (tertiary/aromatic N) is 5. The molecular formula is C15H23N5. The minimum atomic E-state index is 0.649. The number of hydrogen-bond acceptors (Lipinski definition) is 4. The molecule has 1 atom stereocenters. The number of hydrogen-bond donors (Lipinski definition) is 0. The Hall–Kier alpha value is -1.62. The molecule has 1 aliphatic heterocycles. The zero-order valence-corrected chi connectivity index (χ0v) is 12.6. The van der Waals surface area contributed by atoms with E-state index in [9.17, 15) is 0 Å². The van der Waals surface area contributed by atoms with Crippen molar-refractivity contribution < 1.29 is 0 Å². The van der Waals surface area contributed by atoms with Crippen LogP contribution in [0.1, 0.15) is 26.0 Å². The monoisotopic (exact) mass is 273 g/mol. The molecule has 0 bridgehead atoms. The second-order valence-corrected chi connectivity index (χ2v) is 5.48. The van der Waals surface area contributed by atoms with Crippen LogP contribution in [0.2, 0.25) is 0 Å². The highest BCUT2D eigenvalue weighted by Gasteiger charge is 2.28. The second kappa shape index (κ2) is 5.40. The summed E-state index contributed by atoms with van der Waals surface area (Å²) >= 11 is 0. The van der Waals surface area contributed by atoms with Gasteiger partial charge in [-0.05, 0) is 32.5 Å². The maximum atomic E-state index is 4.59. The van der Waals surface area contributed by atoms with E-state index in [-0.39, 0.29) is 0 Å². The summed E-state index contributed by atoms with van der Waals surface area (Å²) in [6.07, 6.45) is 4.99. The number of aryl methyl sites for hydroxylation is 1. The van der Waals surface area contributed by atoms with Crippen molar-refractivity contribution in [1.82, 2.24) is 19.5 Å². The number of aromatic nitrogens is 3. The lowest BCUT2D eigenvalue weighted by Gasteiger charge is -2.26. The van der Waals surface area contributed by atoms with Crippen molar-refractivity contribution in [1.29, 1.82) is 0 Å². The lowest BCUT2D eigenvalue weighted by atomic mass is 10.2. The molecule has 1 unspecified atom stereocenters. The van der Waals surface area contributed by atoms with Crippen molar-refractivity contribution in [3.8, 4) is 0 Å². The average Bonchev–Trinajstić information content (AvgIpc) is 3.05. The van der Waals surface area contributed by atoms with Crippen LogP contribution < -0.4 is 4.90 Å². The van der Waals surface area contributed by atoms with Crippen molar-refractivity contribution in [2.24, 2.45) is 0 Å². The lowest BCUT2D eigenvalue weighted by Crippen LogP contribution is -2.37. The van der Waals surface area contributed by atoms with E-state index in [1.165, 1.54) is 6.42 Å². The van der Waals surface area contributed by atoms with E-state index in [2.05, 4.69) is 39.8 Å². The average molecular weight is 273 g/mol. The van der Waals surface area contributed by atoms with Crippen LogP contribution in [0.4, 0.5) is 5.82 Å². The SMILES string of the molecule is CCN(CC)C1CCN(c2nccn3nc(C)cc23)C1. The van der Waals surface area contributed by atoms with Gasteiger partial charge in [-0.2, -0.15) is 5.10 Å². The van der Waals surface area contributed by atoms with Crippen molar-refractivity contribution in [3.05, 3.63) is 24.2 Å². The predicted molar refractivity (Wildman–Crippen MR) is 81.3 cm³/mol. The zero-order chi connectivity index (χ0) is 14.1. The molecule has 1 saturated heterocycles. The Kier molecular flexibility index (Phi) is 3.61. The van der Waals surface area contributed by atoms with Gasteiger partial charge in [-0.15, -0.1) is 0 Å². The smallest absolute Gasteiger partial charge is 0.154 e. The van der Waals surface area contributed by atoms with Crippen LogP contribution in [0.15, 0.2) is 18.5 Å². The van der Waals surface area contributed by atoms with E-state index < -0.39 is 0 Å². The van der Waals surface area contributed by atoms with E-state index in [0.717, 1.165) is 43.2 Å². The molecule has 5 nitrogen and oxygen atoms in total. The minimum absolute atomic E-state index is 0.649. The number of anilines is 1. The van der Waals surface area contributed by atoms with Crippen LogP contribution in [0, 0.1) is 6.92 Å². The van der Waals surface area contributed by atoms with E-state index in [1.807, 2.05) is 23.8 Å². The molecule has 3 heterocycles. The predicted octanol–water partition coefficient (Wildman–Crippen LogP) is 1.96. The Morgan fingerprint density at radius 2 is 2.15 bits per heavy atom. The van der Waals surface area contributed by atoms with Crippen LogP contribution in [-0.4, -0.2) is 51.7 Å². The molecule has 5 heteroatoms. The maximum Gasteiger partial charge on any atom is 0.154 e. The molecule has 108 valence electrons. The van der Waals surface area contributed by atoms with Gasteiger partial charge < -0.3 is 4.90 Å². The number of fused-ring (bicyclic) bond motifs is 1. The van der Waals surface area contributed by atoms with Gasteiger partial charge in [-0.1, -0.05) is 13.8 Å². The Labute approximate surface area is 120 Å². The molecule has 0 amide bonds. The summed E-state index contributed by atoms with van der Waals surface area (Å²) in [5.41, 5.74) is 2.16. The van der Waals surface area contributed by atoms with Gasteiger partial charge in [-0.25, -0.2) is 9.50 Å². The molecule has 1 fully saturated rings. The quantitative estimate of drug-likeness (QED) is 0.853. The van der Waals surface area contributed by atoms with Gasteiger partial charge in [-0.3, -0.25) is 4.90 Å². The first-order chi connectivity index (χ1) is 9.72. The Morgan fingerprint density at radius 1 is 1.35 bits per heavy atom. The van der Waals surface area contributed by atoms with Gasteiger partial charge in [0.25, 0.3) is 0 Å². The summed E-state index contributed by atoms with van der Waals surface area (Å²) in [6, 6.07) is 2.77. The van der Waals surface area contributed by atoms with E-state index in [4.69, 9.17) is 0 Å². The van der Waals surface area contributed by atoms with Crippen molar-refractivity contribution in [2.45, 2.75) is 33.2 Å². The molecule has 20 heavy (non-hydrogen) atoms. The third kappa shape index (κ3) is 2.26. The first kappa shape index (κ1) is 13.4. The summed E-state index contributed by atoms with van der Waals surface area (Å²) in [6.45, 7) is 10.9. The van der Waals surface area contributed by atoms with Crippen LogP contribution >= 0.6 is 0 Å². The summed E-state index contributed by atoms with van der Waals surface area (Å²) in [7, 11) is 0. The number of rotatable bonds is 4. The van der Waals surface area contributed by atoms with E-state index in [0.29, 0.717) is 6.04 Å². The first-order valence-corrected chi connectivity index (χ1v) is 7.53. The topological polar surface area (TPSA) is 36.7 Å². The van der Waals surface area contributed by atoms with Gasteiger partial charge in [0.05, 0.1) is 5.69 Å². The Balaban J connectivity index is 1.86. The van der Waals surface area contributed by atoms with E-state index >= 15 is 0 Å². The standard InChI is InChI=1S/C15H23N5/c1-4-18(5-2)13-6-8-19(11-13)15-14-10-12(3)17-20(14)9-7-16-15/h7,9-10,13H,4-6,8,11H2,1-3H3. The number of likely N-dealkylation sites (N-methyl/N-ethyl adjacent to an activating group) is 1. The molecular weight excluding hydrogens is 250 g/mol. The molecule has 0 radical (unpaired) electrons. The van der Waals surface area contributed by atoms with Gasteiger partial charge >= 0.3 is 0 Å². The largest absolute Gasteiger partial charge is 0.353 e. The first-order valence-electron chi connectivity index (χ1n) is 7.53. The highest BCUT2D eigenvalue weighted by molar-refractivity contribution is 5.69. The summed E-state index contributed by atoms with van der Waals surface area (Å²) in [5.74, 6) is 1.07. The van der Waals surface area contributed by atoms with Crippen LogP contribution in [-0.2, 0) is 0 Å². The lowest BCUT2D eigenvalue weighted by molar-refractivity contribution is 0.232. The third-order valence-corrected chi connectivity index (χ3v) is 4.28. The van der Waals surface area contributed by atoms with Crippen LogP contribution in [0.3, 0.4) is 0 Å².